The number of hydrogen-bond acceptors (Lipinski definition) is 4. The van der Waals surface area contributed by atoms with Crippen molar-refractivity contribution in [2.75, 3.05) is 6.54 Å². The van der Waals surface area contributed by atoms with Crippen LogP contribution in [0.3, 0.4) is 0 Å². The first-order valence-corrected chi connectivity index (χ1v) is 7.44. The van der Waals surface area contributed by atoms with Gasteiger partial charge in [-0.25, -0.2) is 13.4 Å². The van der Waals surface area contributed by atoms with E-state index in [1.165, 1.54) is 4.31 Å². The number of aryl methyl sites for hydroxylation is 2. The number of H-pyrrole nitrogens is 1. The van der Waals surface area contributed by atoms with Gasteiger partial charge >= 0.3 is 0 Å². The SMILES string of the molecule is Cc1nc(S(=O)(=O)N2CCc3[nH]ncc3C2)cn1C. The van der Waals surface area contributed by atoms with Gasteiger partial charge < -0.3 is 4.57 Å². The molecule has 8 heteroatoms. The number of rotatable bonds is 2. The Morgan fingerprint density at radius 3 is 2.89 bits per heavy atom. The second-order valence-electron chi connectivity index (χ2n) is 4.70. The first-order chi connectivity index (χ1) is 8.98. The van der Waals surface area contributed by atoms with Crippen molar-refractivity contribution < 1.29 is 8.42 Å². The van der Waals surface area contributed by atoms with Crippen LogP contribution in [0.1, 0.15) is 17.1 Å². The molecule has 0 unspecified atom stereocenters. The second kappa shape index (κ2) is 4.17. The van der Waals surface area contributed by atoms with Crippen molar-refractivity contribution in [2.45, 2.75) is 24.9 Å². The summed E-state index contributed by atoms with van der Waals surface area (Å²) in [6.45, 7) is 2.58. The zero-order valence-electron chi connectivity index (χ0n) is 10.8. The van der Waals surface area contributed by atoms with Gasteiger partial charge in [0.05, 0.1) is 6.20 Å². The van der Waals surface area contributed by atoms with E-state index in [1.807, 2.05) is 0 Å². The fourth-order valence-corrected chi connectivity index (χ4v) is 3.63. The normalized spacial score (nSPS) is 16.5. The van der Waals surface area contributed by atoms with Gasteiger partial charge in [-0.3, -0.25) is 5.10 Å². The molecule has 0 saturated heterocycles. The van der Waals surface area contributed by atoms with Gasteiger partial charge in [-0.05, 0) is 6.92 Å². The van der Waals surface area contributed by atoms with Crippen molar-refractivity contribution in [3.63, 3.8) is 0 Å². The van der Waals surface area contributed by atoms with Crippen LogP contribution in [0.2, 0.25) is 0 Å². The van der Waals surface area contributed by atoms with E-state index in [0.717, 1.165) is 11.3 Å². The maximum atomic E-state index is 12.5. The zero-order chi connectivity index (χ0) is 13.6. The average molecular weight is 281 g/mol. The fraction of sp³-hybridized carbons (Fsp3) is 0.455. The van der Waals surface area contributed by atoms with Gasteiger partial charge in [0.25, 0.3) is 10.0 Å². The number of imidazole rings is 1. The minimum Gasteiger partial charge on any atom is -0.337 e. The lowest BCUT2D eigenvalue weighted by atomic mass is 10.1. The molecule has 0 radical (unpaired) electrons. The summed E-state index contributed by atoms with van der Waals surface area (Å²) in [5, 5.41) is 6.95. The predicted octanol–water partition coefficient (Wildman–Crippen LogP) is 0.199. The highest BCUT2D eigenvalue weighted by atomic mass is 32.2. The smallest absolute Gasteiger partial charge is 0.262 e. The van der Waals surface area contributed by atoms with E-state index in [9.17, 15) is 8.42 Å². The molecule has 0 aromatic carbocycles. The highest BCUT2D eigenvalue weighted by molar-refractivity contribution is 7.89. The molecule has 0 aliphatic carbocycles. The van der Waals surface area contributed by atoms with Crippen molar-refractivity contribution in [3.8, 4) is 0 Å². The van der Waals surface area contributed by atoms with E-state index in [1.54, 1.807) is 30.9 Å². The summed E-state index contributed by atoms with van der Waals surface area (Å²) in [7, 11) is -1.74. The minimum atomic E-state index is -3.52. The Bertz CT molecular complexity index is 696. The van der Waals surface area contributed by atoms with Crippen LogP contribution in [0.15, 0.2) is 17.4 Å². The van der Waals surface area contributed by atoms with Gasteiger partial charge in [-0.1, -0.05) is 0 Å². The number of aromatic nitrogens is 4. The van der Waals surface area contributed by atoms with Gasteiger partial charge in [-0.2, -0.15) is 9.40 Å². The molecule has 2 aromatic heterocycles. The Morgan fingerprint density at radius 2 is 2.21 bits per heavy atom. The molecule has 3 rings (SSSR count). The third-order valence-corrected chi connectivity index (χ3v) is 5.17. The van der Waals surface area contributed by atoms with Gasteiger partial charge in [-0.15, -0.1) is 0 Å². The minimum absolute atomic E-state index is 0.111. The molecule has 0 saturated carbocycles. The molecule has 3 heterocycles. The highest BCUT2D eigenvalue weighted by Gasteiger charge is 2.31. The summed E-state index contributed by atoms with van der Waals surface area (Å²) in [4.78, 5) is 4.11. The molecular weight excluding hydrogens is 266 g/mol. The van der Waals surface area contributed by atoms with Crippen LogP contribution in [0.25, 0.3) is 0 Å². The monoisotopic (exact) mass is 281 g/mol. The second-order valence-corrected chi connectivity index (χ2v) is 6.58. The van der Waals surface area contributed by atoms with Crippen molar-refractivity contribution in [1.82, 2.24) is 24.1 Å². The standard InChI is InChI=1S/C11H15N5O2S/c1-8-13-11(7-15(8)2)19(17,18)16-4-3-10-9(6-16)5-12-14-10/h5,7H,3-4,6H2,1-2H3,(H,12,14). The maximum Gasteiger partial charge on any atom is 0.262 e. The third kappa shape index (κ3) is 1.96. The molecule has 0 spiro atoms. The number of sulfonamides is 1. The lowest BCUT2D eigenvalue weighted by Gasteiger charge is -2.24. The molecule has 1 N–H and O–H groups in total. The lowest BCUT2D eigenvalue weighted by Crippen LogP contribution is -2.35. The summed E-state index contributed by atoms with van der Waals surface area (Å²) >= 11 is 0. The summed E-state index contributed by atoms with van der Waals surface area (Å²) in [6, 6.07) is 0. The first kappa shape index (κ1) is 12.4. The lowest BCUT2D eigenvalue weighted by molar-refractivity contribution is 0.388. The van der Waals surface area contributed by atoms with Crippen LogP contribution in [0, 0.1) is 6.92 Å². The molecule has 0 amide bonds. The third-order valence-electron chi connectivity index (χ3n) is 3.46. The zero-order valence-corrected chi connectivity index (χ0v) is 11.6. The van der Waals surface area contributed by atoms with Crippen LogP contribution in [-0.4, -0.2) is 39.0 Å². The molecule has 1 aliphatic rings. The Kier molecular flexibility index (Phi) is 2.72. The van der Waals surface area contributed by atoms with E-state index in [4.69, 9.17) is 0 Å². The number of aromatic amines is 1. The van der Waals surface area contributed by atoms with E-state index in [-0.39, 0.29) is 5.03 Å². The molecular formula is C11H15N5O2S. The van der Waals surface area contributed by atoms with Crippen molar-refractivity contribution >= 4 is 10.0 Å². The van der Waals surface area contributed by atoms with Crippen molar-refractivity contribution in [1.29, 1.82) is 0 Å². The number of hydrogen-bond donors (Lipinski definition) is 1. The Balaban J connectivity index is 1.94. The molecule has 7 nitrogen and oxygen atoms in total. The quantitative estimate of drug-likeness (QED) is 0.852. The fourth-order valence-electron chi connectivity index (χ4n) is 2.18. The molecule has 2 aromatic rings. The summed E-state index contributed by atoms with van der Waals surface area (Å²) in [5.74, 6) is 0.680. The van der Waals surface area contributed by atoms with E-state index in [0.29, 0.717) is 25.3 Å². The van der Waals surface area contributed by atoms with Gasteiger partial charge in [0.15, 0.2) is 5.03 Å². The first-order valence-electron chi connectivity index (χ1n) is 5.99. The molecule has 102 valence electrons. The van der Waals surface area contributed by atoms with Crippen LogP contribution in [-0.2, 0) is 30.0 Å². The van der Waals surface area contributed by atoms with Crippen LogP contribution in [0.4, 0.5) is 0 Å². The molecule has 0 atom stereocenters. The Hall–Kier alpha value is -1.67. The van der Waals surface area contributed by atoms with E-state index >= 15 is 0 Å². The van der Waals surface area contributed by atoms with E-state index < -0.39 is 10.0 Å². The topological polar surface area (TPSA) is 83.9 Å². The van der Waals surface area contributed by atoms with Crippen LogP contribution < -0.4 is 0 Å². The summed E-state index contributed by atoms with van der Waals surface area (Å²) < 4.78 is 28.2. The van der Waals surface area contributed by atoms with Gasteiger partial charge in [0.2, 0.25) is 0 Å². The molecule has 19 heavy (non-hydrogen) atoms. The molecule has 1 aliphatic heterocycles. The number of nitrogens with one attached hydrogen (secondary N) is 1. The largest absolute Gasteiger partial charge is 0.337 e. The predicted molar refractivity (Wildman–Crippen MR) is 67.8 cm³/mol. The van der Waals surface area contributed by atoms with Crippen molar-refractivity contribution in [2.24, 2.45) is 7.05 Å². The van der Waals surface area contributed by atoms with Gasteiger partial charge in [0.1, 0.15) is 5.82 Å². The maximum absolute atomic E-state index is 12.5. The molecule has 0 bridgehead atoms. The molecule has 0 fully saturated rings. The van der Waals surface area contributed by atoms with Crippen molar-refractivity contribution in [3.05, 3.63) is 29.5 Å². The van der Waals surface area contributed by atoms with Crippen LogP contribution >= 0.6 is 0 Å². The van der Waals surface area contributed by atoms with Gasteiger partial charge in [0, 0.05) is 44.0 Å². The van der Waals surface area contributed by atoms with Crippen LogP contribution in [0.5, 0.6) is 0 Å². The summed E-state index contributed by atoms with van der Waals surface area (Å²) in [6.07, 6.45) is 3.89. The number of fused-ring (bicyclic) bond motifs is 1. The Morgan fingerprint density at radius 1 is 1.42 bits per heavy atom. The average Bonchev–Trinajstić information content (AvgIpc) is 2.96. The Labute approximate surface area is 111 Å². The van der Waals surface area contributed by atoms with E-state index in [2.05, 4.69) is 15.2 Å². The summed E-state index contributed by atoms with van der Waals surface area (Å²) in [5.41, 5.74) is 1.95. The highest BCUT2D eigenvalue weighted by Crippen LogP contribution is 2.23. The number of nitrogens with zero attached hydrogens (tertiary/aromatic N) is 4.